The van der Waals surface area contributed by atoms with E-state index < -0.39 is 0 Å². The zero-order valence-corrected chi connectivity index (χ0v) is 16.1. The summed E-state index contributed by atoms with van der Waals surface area (Å²) in [6.45, 7) is 9.20. The Hall–Kier alpha value is -2.66. The predicted molar refractivity (Wildman–Crippen MR) is 109 cm³/mol. The number of aromatic nitrogens is 2. The molecule has 1 aliphatic heterocycles. The van der Waals surface area contributed by atoms with E-state index in [0.717, 1.165) is 47.6 Å². The number of piperazine rings is 1. The summed E-state index contributed by atoms with van der Waals surface area (Å²) in [6, 6.07) is 14.6. The lowest BCUT2D eigenvalue weighted by molar-refractivity contribution is 0.123. The van der Waals surface area contributed by atoms with Gasteiger partial charge in [0.25, 0.3) is 0 Å². The first kappa shape index (κ1) is 17.7. The van der Waals surface area contributed by atoms with Crippen molar-refractivity contribution in [2.45, 2.75) is 39.4 Å². The second-order valence-corrected chi connectivity index (χ2v) is 7.67. The van der Waals surface area contributed by atoms with E-state index in [4.69, 9.17) is 4.98 Å². The Kier molecular flexibility index (Phi) is 4.70. The van der Waals surface area contributed by atoms with Crippen LogP contribution in [-0.2, 0) is 6.54 Å². The van der Waals surface area contributed by atoms with Gasteiger partial charge in [-0.15, -0.1) is 0 Å². The third-order valence-corrected chi connectivity index (χ3v) is 5.35. The lowest BCUT2D eigenvalue weighted by Crippen LogP contribution is -2.56. The molecule has 1 aliphatic rings. The molecule has 27 heavy (non-hydrogen) atoms. The molecule has 1 fully saturated rings. The molecular formula is C22H26N4O. The Balaban J connectivity index is 1.52. The summed E-state index contributed by atoms with van der Waals surface area (Å²) < 4.78 is 0. The number of aromatic hydroxyl groups is 1. The van der Waals surface area contributed by atoms with Gasteiger partial charge in [-0.25, -0.2) is 4.98 Å². The summed E-state index contributed by atoms with van der Waals surface area (Å²) in [4.78, 5) is 14.2. The molecule has 3 aromatic rings. The number of aryl methyl sites for hydroxylation is 1. The van der Waals surface area contributed by atoms with Gasteiger partial charge in [-0.1, -0.05) is 18.2 Å². The normalized spacial score (nSPS) is 20.9. The molecule has 1 saturated heterocycles. The van der Waals surface area contributed by atoms with Gasteiger partial charge in [-0.2, -0.15) is 0 Å². The first-order valence-corrected chi connectivity index (χ1v) is 9.51. The lowest BCUT2D eigenvalue weighted by atomic mass is 10.0. The Labute approximate surface area is 160 Å². The zero-order valence-electron chi connectivity index (χ0n) is 16.1. The quantitative estimate of drug-likeness (QED) is 0.769. The van der Waals surface area contributed by atoms with Gasteiger partial charge in [-0.3, -0.25) is 9.88 Å². The molecule has 0 spiro atoms. The van der Waals surface area contributed by atoms with Crippen molar-refractivity contribution in [2.75, 3.05) is 18.0 Å². The molecular weight excluding hydrogens is 336 g/mol. The maximum Gasteiger partial charge on any atom is 0.147 e. The van der Waals surface area contributed by atoms with Gasteiger partial charge < -0.3 is 10.0 Å². The van der Waals surface area contributed by atoms with Crippen LogP contribution in [0.25, 0.3) is 11.0 Å². The monoisotopic (exact) mass is 362 g/mol. The average molecular weight is 362 g/mol. The smallest absolute Gasteiger partial charge is 0.147 e. The molecule has 2 atom stereocenters. The van der Waals surface area contributed by atoms with Crippen LogP contribution < -0.4 is 4.90 Å². The van der Waals surface area contributed by atoms with Gasteiger partial charge in [0.2, 0.25) is 0 Å². The summed E-state index contributed by atoms with van der Waals surface area (Å²) >= 11 is 0. The Morgan fingerprint density at radius 1 is 1.04 bits per heavy atom. The Morgan fingerprint density at radius 2 is 1.74 bits per heavy atom. The molecule has 140 valence electrons. The van der Waals surface area contributed by atoms with Crippen LogP contribution in [-0.4, -0.2) is 45.1 Å². The van der Waals surface area contributed by atoms with Gasteiger partial charge in [-0.05, 0) is 56.2 Å². The highest BCUT2D eigenvalue weighted by atomic mass is 16.3. The first-order valence-electron chi connectivity index (χ1n) is 9.51. The van der Waals surface area contributed by atoms with E-state index in [1.807, 2.05) is 43.5 Å². The van der Waals surface area contributed by atoms with E-state index in [2.05, 4.69) is 34.7 Å². The molecule has 0 bridgehead atoms. The van der Waals surface area contributed by atoms with E-state index in [-0.39, 0.29) is 0 Å². The van der Waals surface area contributed by atoms with Crippen molar-refractivity contribution >= 4 is 16.9 Å². The predicted octanol–water partition coefficient (Wildman–Crippen LogP) is 3.74. The summed E-state index contributed by atoms with van der Waals surface area (Å²) in [5.41, 5.74) is 4.12. The minimum absolute atomic E-state index is 0.343. The fourth-order valence-corrected chi connectivity index (χ4v) is 4.10. The molecule has 1 aromatic heterocycles. The van der Waals surface area contributed by atoms with Gasteiger partial charge in [0.15, 0.2) is 0 Å². The average Bonchev–Trinajstić information content (AvgIpc) is 2.63. The minimum atomic E-state index is 0.343. The fraction of sp³-hybridized carbons (Fsp3) is 0.364. The number of phenolic OH excluding ortho intramolecular Hbond substituents is 1. The highest BCUT2D eigenvalue weighted by Gasteiger charge is 2.30. The van der Waals surface area contributed by atoms with Crippen molar-refractivity contribution in [1.82, 2.24) is 14.9 Å². The van der Waals surface area contributed by atoms with Crippen LogP contribution in [0.5, 0.6) is 5.75 Å². The van der Waals surface area contributed by atoms with Crippen molar-refractivity contribution in [1.29, 1.82) is 0 Å². The second kappa shape index (κ2) is 7.16. The maximum absolute atomic E-state index is 9.89. The SMILES string of the molecule is Cc1cc(O)cc(CN2C(C)CN(c3cnc4ccccc4n3)CC2C)c1. The number of fused-ring (bicyclic) bond motifs is 1. The van der Waals surface area contributed by atoms with Crippen LogP contribution in [0.4, 0.5) is 5.82 Å². The summed E-state index contributed by atoms with van der Waals surface area (Å²) in [5, 5.41) is 9.89. The van der Waals surface area contributed by atoms with Crippen LogP contribution in [0, 0.1) is 6.92 Å². The third-order valence-electron chi connectivity index (χ3n) is 5.35. The summed E-state index contributed by atoms with van der Waals surface area (Å²) in [5.74, 6) is 1.29. The Bertz CT molecular complexity index is 926. The van der Waals surface area contributed by atoms with Crippen LogP contribution in [0.15, 0.2) is 48.7 Å². The van der Waals surface area contributed by atoms with E-state index in [1.165, 1.54) is 0 Å². The Morgan fingerprint density at radius 3 is 2.44 bits per heavy atom. The van der Waals surface area contributed by atoms with E-state index in [0.29, 0.717) is 17.8 Å². The van der Waals surface area contributed by atoms with Gasteiger partial charge in [0.05, 0.1) is 17.2 Å². The van der Waals surface area contributed by atoms with Crippen molar-refractivity contribution in [3.8, 4) is 5.75 Å². The standard InChI is InChI=1S/C22H26N4O/c1-15-8-18(10-19(27)9-15)14-26-16(2)12-25(13-17(26)3)22-11-23-20-6-4-5-7-21(20)24-22/h4-11,16-17,27H,12-14H2,1-3H3. The summed E-state index contributed by atoms with van der Waals surface area (Å²) in [6.07, 6.45) is 1.88. The molecule has 5 nitrogen and oxygen atoms in total. The number of rotatable bonds is 3. The van der Waals surface area contributed by atoms with Crippen molar-refractivity contribution < 1.29 is 5.11 Å². The van der Waals surface area contributed by atoms with Crippen molar-refractivity contribution in [3.63, 3.8) is 0 Å². The highest BCUT2D eigenvalue weighted by molar-refractivity contribution is 5.75. The van der Waals surface area contributed by atoms with Crippen molar-refractivity contribution in [2.24, 2.45) is 0 Å². The molecule has 5 heteroatoms. The molecule has 2 unspecified atom stereocenters. The molecule has 0 aliphatic carbocycles. The van der Waals surface area contributed by atoms with E-state index in [1.54, 1.807) is 6.07 Å². The fourth-order valence-electron chi connectivity index (χ4n) is 4.10. The van der Waals surface area contributed by atoms with Crippen molar-refractivity contribution in [3.05, 3.63) is 59.8 Å². The molecule has 0 saturated carbocycles. The molecule has 2 heterocycles. The number of hydrogen-bond acceptors (Lipinski definition) is 5. The highest BCUT2D eigenvalue weighted by Crippen LogP contribution is 2.25. The number of anilines is 1. The van der Waals surface area contributed by atoms with E-state index >= 15 is 0 Å². The van der Waals surface area contributed by atoms with Gasteiger partial charge in [0, 0.05) is 31.7 Å². The molecule has 2 aromatic carbocycles. The van der Waals surface area contributed by atoms with Crippen LogP contribution in [0.2, 0.25) is 0 Å². The van der Waals surface area contributed by atoms with Gasteiger partial charge in [0.1, 0.15) is 11.6 Å². The molecule has 0 radical (unpaired) electrons. The minimum Gasteiger partial charge on any atom is -0.508 e. The topological polar surface area (TPSA) is 52.5 Å². The number of benzene rings is 2. The third kappa shape index (κ3) is 3.74. The van der Waals surface area contributed by atoms with Gasteiger partial charge >= 0.3 is 0 Å². The number of hydrogen-bond donors (Lipinski definition) is 1. The number of nitrogens with zero attached hydrogens (tertiary/aromatic N) is 4. The van der Waals surface area contributed by atoms with Crippen LogP contribution >= 0.6 is 0 Å². The van der Waals surface area contributed by atoms with Crippen LogP contribution in [0.1, 0.15) is 25.0 Å². The lowest BCUT2D eigenvalue weighted by Gasteiger charge is -2.45. The maximum atomic E-state index is 9.89. The largest absolute Gasteiger partial charge is 0.508 e. The van der Waals surface area contributed by atoms with Crippen LogP contribution in [0.3, 0.4) is 0 Å². The number of phenols is 1. The first-order chi connectivity index (χ1) is 13.0. The molecule has 1 N–H and O–H groups in total. The second-order valence-electron chi connectivity index (χ2n) is 7.67. The number of para-hydroxylation sites is 2. The summed E-state index contributed by atoms with van der Waals surface area (Å²) in [7, 11) is 0. The molecule has 0 amide bonds. The molecule has 4 rings (SSSR count). The van der Waals surface area contributed by atoms with E-state index in [9.17, 15) is 5.11 Å². The zero-order chi connectivity index (χ0) is 19.0.